The Balaban J connectivity index is 1.78. The van der Waals surface area contributed by atoms with Crippen LogP contribution in [0.3, 0.4) is 0 Å². The predicted molar refractivity (Wildman–Crippen MR) is 92.6 cm³/mol. The molecule has 122 valence electrons. The van der Waals surface area contributed by atoms with Crippen molar-refractivity contribution >= 4 is 23.1 Å². The zero-order valence-electron chi connectivity index (χ0n) is 13.8. The van der Waals surface area contributed by atoms with Crippen LogP contribution in [-0.2, 0) is 0 Å². The van der Waals surface area contributed by atoms with E-state index in [4.69, 9.17) is 4.52 Å². The zero-order valence-corrected chi connectivity index (χ0v) is 13.8. The van der Waals surface area contributed by atoms with Crippen LogP contribution in [0.2, 0.25) is 0 Å². The molecule has 3 aromatic rings. The molecule has 0 radical (unpaired) electrons. The maximum atomic E-state index is 12.3. The van der Waals surface area contributed by atoms with Crippen molar-refractivity contribution in [2.45, 2.75) is 20.8 Å². The Morgan fingerprint density at radius 2 is 1.92 bits per heavy atom. The number of carbonyl (C=O) groups is 1. The van der Waals surface area contributed by atoms with Gasteiger partial charge in [0, 0.05) is 23.6 Å². The van der Waals surface area contributed by atoms with Crippen LogP contribution >= 0.6 is 0 Å². The molecule has 0 atom stereocenters. The Bertz CT molecular complexity index is 886. The zero-order chi connectivity index (χ0) is 17.1. The number of nitrogens with zero attached hydrogens (tertiary/aromatic N) is 2. The fourth-order valence-electron chi connectivity index (χ4n) is 2.26. The molecule has 0 saturated heterocycles. The van der Waals surface area contributed by atoms with Crippen molar-refractivity contribution in [2.75, 3.05) is 10.6 Å². The number of anilines is 3. The van der Waals surface area contributed by atoms with Crippen molar-refractivity contribution in [1.82, 2.24) is 10.1 Å². The largest absolute Gasteiger partial charge is 0.360 e. The van der Waals surface area contributed by atoms with E-state index in [0.717, 1.165) is 22.5 Å². The van der Waals surface area contributed by atoms with Crippen LogP contribution in [0.1, 0.15) is 27.4 Å². The number of aromatic nitrogens is 2. The van der Waals surface area contributed by atoms with Gasteiger partial charge in [0.1, 0.15) is 11.5 Å². The molecule has 3 rings (SSSR count). The maximum absolute atomic E-state index is 12.3. The van der Waals surface area contributed by atoms with Crippen LogP contribution in [0.4, 0.5) is 17.2 Å². The molecule has 0 saturated carbocycles. The Morgan fingerprint density at radius 1 is 1.08 bits per heavy atom. The number of carbonyl (C=O) groups excluding carboxylic acids is 1. The summed E-state index contributed by atoms with van der Waals surface area (Å²) in [6.45, 7) is 5.83. The van der Waals surface area contributed by atoms with Gasteiger partial charge in [-0.2, -0.15) is 0 Å². The van der Waals surface area contributed by atoms with Crippen LogP contribution in [0.25, 0.3) is 0 Å². The van der Waals surface area contributed by atoms with E-state index in [1.807, 2.05) is 19.9 Å². The number of benzene rings is 1. The Hall–Kier alpha value is -3.15. The fourth-order valence-corrected chi connectivity index (χ4v) is 2.26. The first-order chi connectivity index (χ1) is 11.5. The molecule has 0 aliphatic carbocycles. The van der Waals surface area contributed by atoms with E-state index in [0.29, 0.717) is 17.3 Å². The quantitative estimate of drug-likeness (QED) is 0.759. The van der Waals surface area contributed by atoms with Gasteiger partial charge < -0.3 is 15.2 Å². The molecular weight excluding hydrogens is 304 g/mol. The van der Waals surface area contributed by atoms with E-state index < -0.39 is 0 Å². The SMILES string of the molecule is Cc1ccc(C)c(Nc2ccnc(C(=O)Nc3cc(C)on3)c2)c1. The van der Waals surface area contributed by atoms with Crippen LogP contribution in [0, 0.1) is 20.8 Å². The van der Waals surface area contributed by atoms with Gasteiger partial charge in [-0.3, -0.25) is 9.78 Å². The lowest BCUT2D eigenvalue weighted by Gasteiger charge is -2.11. The van der Waals surface area contributed by atoms with Crippen LogP contribution in [0.15, 0.2) is 47.1 Å². The molecule has 24 heavy (non-hydrogen) atoms. The topological polar surface area (TPSA) is 80.0 Å². The molecule has 0 bridgehead atoms. The summed E-state index contributed by atoms with van der Waals surface area (Å²) in [4.78, 5) is 16.4. The van der Waals surface area contributed by atoms with Gasteiger partial charge in [0.15, 0.2) is 5.82 Å². The smallest absolute Gasteiger partial charge is 0.275 e. The van der Waals surface area contributed by atoms with Gasteiger partial charge >= 0.3 is 0 Å². The average Bonchev–Trinajstić information content (AvgIpc) is 2.96. The average molecular weight is 322 g/mol. The minimum Gasteiger partial charge on any atom is -0.360 e. The summed E-state index contributed by atoms with van der Waals surface area (Å²) < 4.78 is 4.93. The summed E-state index contributed by atoms with van der Waals surface area (Å²) in [5.41, 5.74) is 4.38. The summed E-state index contributed by atoms with van der Waals surface area (Å²) in [7, 11) is 0. The van der Waals surface area contributed by atoms with Crippen LogP contribution < -0.4 is 10.6 Å². The van der Waals surface area contributed by atoms with E-state index in [9.17, 15) is 4.79 Å². The van der Waals surface area contributed by atoms with Crippen molar-refractivity contribution in [3.05, 3.63) is 65.2 Å². The highest BCUT2D eigenvalue weighted by Gasteiger charge is 2.11. The summed E-state index contributed by atoms with van der Waals surface area (Å²) in [6, 6.07) is 11.3. The lowest BCUT2D eigenvalue weighted by atomic mass is 10.1. The Labute approximate surface area is 139 Å². The third-order valence-electron chi connectivity index (χ3n) is 3.53. The highest BCUT2D eigenvalue weighted by Crippen LogP contribution is 2.22. The molecule has 1 amide bonds. The van der Waals surface area contributed by atoms with E-state index in [-0.39, 0.29) is 5.91 Å². The highest BCUT2D eigenvalue weighted by atomic mass is 16.5. The molecular formula is C18H18N4O2. The number of aryl methyl sites for hydroxylation is 3. The molecule has 1 aromatic carbocycles. The summed E-state index contributed by atoms with van der Waals surface area (Å²) in [5.74, 6) is 0.656. The van der Waals surface area contributed by atoms with Gasteiger partial charge in [0.05, 0.1) is 0 Å². The Morgan fingerprint density at radius 3 is 2.67 bits per heavy atom. The molecule has 0 unspecified atom stereocenters. The molecule has 0 aliphatic heterocycles. The summed E-state index contributed by atoms with van der Waals surface area (Å²) >= 11 is 0. The fraction of sp³-hybridized carbons (Fsp3) is 0.167. The monoisotopic (exact) mass is 322 g/mol. The molecule has 0 spiro atoms. The van der Waals surface area contributed by atoms with E-state index in [2.05, 4.69) is 39.0 Å². The lowest BCUT2D eigenvalue weighted by molar-refractivity contribution is 0.102. The molecule has 2 N–H and O–H groups in total. The first-order valence-electron chi connectivity index (χ1n) is 7.56. The van der Waals surface area contributed by atoms with Gasteiger partial charge in [-0.25, -0.2) is 0 Å². The maximum Gasteiger partial charge on any atom is 0.275 e. The second kappa shape index (κ2) is 6.54. The van der Waals surface area contributed by atoms with Crippen molar-refractivity contribution in [2.24, 2.45) is 0 Å². The summed E-state index contributed by atoms with van der Waals surface area (Å²) in [6.07, 6.45) is 1.59. The highest BCUT2D eigenvalue weighted by molar-refractivity contribution is 6.02. The van der Waals surface area contributed by atoms with E-state index >= 15 is 0 Å². The number of rotatable bonds is 4. The molecule has 6 heteroatoms. The van der Waals surface area contributed by atoms with Gasteiger partial charge in [-0.15, -0.1) is 0 Å². The predicted octanol–water partition coefficient (Wildman–Crippen LogP) is 3.99. The number of hydrogen-bond acceptors (Lipinski definition) is 5. The van der Waals surface area contributed by atoms with Crippen molar-refractivity contribution in [3.8, 4) is 0 Å². The molecule has 6 nitrogen and oxygen atoms in total. The van der Waals surface area contributed by atoms with Crippen LogP contribution in [0.5, 0.6) is 0 Å². The second-order valence-electron chi connectivity index (χ2n) is 5.65. The van der Waals surface area contributed by atoms with Crippen molar-refractivity contribution < 1.29 is 9.32 Å². The number of nitrogens with one attached hydrogen (secondary N) is 2. The Kier molecular flexibility index (Phi) is 4.29. The normalized spacial score (nSPS) is 10.5. The number of hydrogen-bond donors (Lipinski definition) is 2. The minimum absolute atomic E-state index is 0.297. The van der Waals surface area contributed by atoms with Gasteiger partial charge in [0.2, 0.25) is 0 Å². The standard InChI is InChI=1S/C18H18N4O2/c1-11-4-5-12(2)15(8-11)20-14-6-7-19-16(10-14)18(23)21-17-9-13(3)24-22-17/h4-10H,1-3H3,(H,19,20)(H,21,22,23). The van der Waals surface area contributed by atoms with Gasteiger partial charge in [0.25, 0.3) is 5.91 Å². The lowest BCUT2D eigenvalue weighted by Crippen LogP contribution is -2.14. The van der Waals surface area contributed by atoms with E-state index in [1.54, 1.807) is 25.3 Å². The summed E-state index contributed by atoms with van der Waals surface area (Å²) in [5, 5.41) is 9.72. The van der Waals surface area contributed by atoms with Crippen LogP contribution in [-0.4, -0.2) is 16.0 Å². The van der Waals surface area contributed by atoms with Gasteiger partial charge in [-0.1, -0.05) is 17.3 Å². The molecule has 2 heterocycles. The van der Waals surface area contributed by atoms with Crippen molar-refractivity contribution in [3.63, 3.8) is 0 Å². The minimum atomic E-state index is -0.340. The molecule has 2 aromatic heterocycles. The number of amides is 1. The first-order valence-corrected chi connectivity index (χ1v) is 7.56. The number of pyridine rings is 1. The second-order valence-corrected chi connectivity index (χ2v) is 5.65. The van der Waals surface area contributed by atoms with Crippen molar-refractivity contribution in [1.29, 1.82) is 0 Å². The first kappa shape index (κ1) is 15.7. The molecule has 0 fully saturated rings. The third kappa shape index (κ3) is 3.60. The molecule has 0 aliphatic rings. The van der Waals surface area contributed by atoms with E-state index in [1.165, 1.54) is 0 Å². The third-order valence-corrected chi connectivity index (χ3v) is 3.53. The van der Waals surface area contributed by atoms with Gasteiger partial charge in [-0.05, 0) is 50.1 Å².